The van der Waals surface area contributed by atoms with Crippen LogP contribution in [0.15, 0.2) is 22.7 Å². The molecule has 0 unspecified atom stereocenters. The van der Waals surface area contributed by atoms with Gasteiger partial charge in [0.25, 0.3) is 0 Å². The predicted octanol–water partition coefficient (Wildman–Crippen LogP) is 2.63. The number of nitrogens with zero attached hydrogens (tertiary/aromatic N) is 1. The highest BCUT2D eigenvalue weighted by Gasteiger charge is 1.94. The zero-order chi connectivity index (χ0) is 8.97. The molecule has 1 aromatic rings. The van der Waals surface area contributed by atoms with E-state index in [2.05, 4.69) is 27.8 Å². The highest BCUT2D eigenvalue weighted by atomic mass is 79.9. The molecular formula is C10H6BrN. The molecule has 0 aliphatic carbocycles. The van der Waals surface area contributed by atoms with Crippen LogP contribution in [-0.4, -0.2) is 0 Å². The Morgan fingerprint density at radius 1 is 1.42 bits per heavy atom. The van der Waals surface area contributed by atoms with Crippen molar-refractivity contribution >= 4 is 15.9 Å². The summed E-state index contributed by atoms with van der Waals surface area (Å²) >= 11 is 3.35. The van der Waals surface area contributed by atoms with Crippen LogP contribution >= 0.6 is 15.9 Å². The first-order valence-electron chi connectivity index (χ1n) is 3.40. The number of hydrogen-bond donors (Lipinski definition) is 0. The van der Waals surface area contributed by atoms with Gasteiger partial charge in [-0.3, -0.25) is 0 Å². The van der Waals surface area contributed by atoms with Crippen molar-refractivity contribution in [3.8, 4) is 17.9 Å². The van der Waals surface area contributed by atoms with Crippen LogP contribution in [0, 0.1) is 30.1 Å². The van der Waals surface area contributed by atoms with E-state index >= 15 is 0 Å². The van der Waals surface area contributed by atoms with Crippen LogP contribution < -0.4 is 0 Å². The molecule has 1 rings (SSSR count). The summed E-state index contributed by atoms with van der Waals surface area (Å²) in [6, 6.07) is 7.63. The molecule has 0 fully saturated rings. The van der Waals surface area contributed by atoms with Gasteiger partial charge in [-0.15, -0.1) is 0 Å². The fourth-order valence-corrected chi connectivity index (χ4v) is 1.18. The Morgan fingerprint density at radius 2 is 2.17 bits per heavy atom. The lowest BCUT2D eigenvalue weighted by atomic mass is 10.1. The van der Waals surface area contributed by atoms with Crippen molar-refractivity contribution < 1.29 is 0 Å². The molecule has 0 N–H and O–H groups in total. The van der Waals surface area contributed by atoms with Gasteiger partial charge in [-0.25, -0.2) is 0 Å². The molecule has 0 atom stereocenters. The summed E-state index contributed by atoms with van der Waals surface area (Å²) in [6.45, 7) is 1.99. The van der Waals surface area contributed by atoms with Gasteiger partial charge in [-0.2, -0.15) is 5.26 Å². The van der Waals surface area contributed by atoms with Gasteiger partial charge in [-0.05, 0) is 46.5 Å². The van der Waals surface area contributed by atoms with E-state index in [-0.39, 0.29) is 0 Å². The summed E-state index contributed by atoms with van der Waals surface area (Å²) < 4.78 is 0.927. The number of nitriles is 1. The van der Waals surface area contributed by atoms with Crippen molar-refractivity contribution in [2.45, 2.75) is 6.92 Å². The van der Waals surface area contributed by atoms with Crippen molar-refractivity contribution in [1.82, 2.24) is 0 Å². The van der Waals surface area contributed by atoms with Crippen LogP contribution in [0.3, 0.4) is 0 Å². The third-order valence-electron chi connectivity index (χ3n) is 1.37. The van der Waals surface area contributed by atoms with E-state index < -0.39 is 0 Å². The molecule has 12 heavy (non-hydrogen) atoms. The highest BCUT2D eigenvalue weighted by Crippen LogP contribution is 2.16. The minimum Gasteiger partial charge on any atom is -0.183 e. The average molecular weight is 220 g/mol. The zero-order valence-corrected chi connectivity index (χ0v) is 8.14. The summed E-state index contributed by atoms with van der Waals surface area (Å²) in [7, 11) is 0. The first-order chi connectivity index (χ1) is 5.74. The third-order valence-corrected chi connectivity index (χ3v) is 2.07. The summed E-state index contributed by atoms with van der Waals surface area (Å²) in [5.74, 6) is 5.10. The summed E-state index contributed by atoms with van der Waals surface area (Å²) in [5.41, 5.74) is 2.00. The fraction of sp³-hybridized carbons (Fsp3) is 0.100. The minimum absolute atomic E-state index is 0.858. The SMILES string of the molecule is Cc1ccc(Br)c(C#CC#N)c1. The Morgan fingerprint density at radius 3 is 2.83 bits per heavy atom. The Balaban J connectivity index is 3.16. The molecule has 1 aromatic carbocycles. The Labute approximate surface area is 80.2 Å². The number of benzene rings is 1. The molecule has 2 heteroatoms. The molecule has 0 saturated heterocycles. The normalized spacial score (nSPS) is 8.08. The van der Waals surface area contributed by atoms with Crippen LogP contribution in [0.25, 0.3) is 0 Å². The van der Waals surface area contributed by atoms with Crippen LogP contribution in [-0.2, 0) is 0 Å². The summed E-state index contributed by atoms with van der Waals surface area (Å²) in [5, 5.41) is 8.25. The van der Waals surface area contributed by atoms with Crippen molar-refractivity contribution in [3.05, 3.63) is 33.8 Å². The Bertz CT molecular complexity index is 391. The molecule has 1 nitrogen and oxygen atoms in total. The lowest BCUT2D eigenvalue weighted by Gasteiger charge is -1.96. The maximum absolute atomic E-state index is 8.25. The van der Waals surface area contributed by atoms with Crippen molar-refractivity contribution in [3.63, 3.8) is 0 Å². The number of rotatable bonds is 0. The summed E-state index contributed by atoms with van der Waals surface area (Å²) in [6.07, 6.45) is 0. The zero-order valence-electron chi connectivity index (χ0n) is 6.56. The Kier molecular flexibility index (Phi) is 2.91. The molecule has 0 heterocycles. The first-order valence-corrected chi connectivity index (χ1v) is 4.19. The van der Waals surface area contributed by atoms with Gasteiger partial charge >= 0.3 is 0 Å². The van der Waals surface area contributed by atoms with Gasteiger partial charge in [0.15, 0.2) is 6.07 Å². The lowest BCUT2D eigenvalue weighted by molar-refractivity contribution is 1.43. The molecule has 0 aliphatic rings. The first kappa shape index (κ1) is 8.84. The third kappa shape index (κ3) is 2.12. The molecule has 58 valence electrons. The number of aryl methyl sites for hydroxylation is 1. The molecule has 0 spiro atoms. The molecular weight excluding hydrogens is 214 g/mol. The molecule has 0 saturated carbocycles. The van der Waals surface area contributed by atoms with Gasteiger partial charge in [-0.1, -0.05) is 6.07 Å². The van der Waals surface area contributed by atoms with Gasteiger partial charge in [0, 0.05) is 16.0 Å². The van der Waals surface area contributed by atoms with Crippen LogP contribution in [0.2, 0.25) is 0 Å². The maximum atomic E-state index is 8.25. The van der Waals surface area contributed by atoms with E-state index in [9.17, 15) is 0 Å². The van der Waals surface area contributed by atoms with E-state index in [0.717, 1.165) is 15.6 Å². The van der Waals surface area contributed by atoms with Gasteiger partial charge < -0.3 is 0 Å². The smallest absolute Gasteiger partial charge is 0.152 e. The molecule has 0 radical (unpaired) electrons. The van der Waals surface area contributed by atoms with E-state index in [1.54, 1.807) is 6.07 Å². The second-order valence-electron chi connectivity index (χ2n) is 2.35. The van der Waals surface area contributed by atoms with Crippen molar-refractivity contribution in [1.29, 1.82) is 5.26 Å². The lowest BCUT2D eigenvalue weighted by Crippen LogP contribution is -1.79. The van der Waals surface area contributed by atoms with Gasteiger partial charge in [0.2, 0.25) is 0 Å². The molecule has 0 amide bonds. The van der Waals surface area contributed by atoms with Gasteiger partial charge in [0.1, 0.15) is 0 Å². The van der Waals surface area contributed by atoms with E-state index in [1.165, 1.54) is 0 Å². The number of hydrogen-bond acceptors (Lipinski definition) is 1. The van der Waals surface area contributed by atoms with Crippen LogP contribution in [0.5, 0.6) is 0 Å². The van der Waals surface area contributed by atoms with Gasteiger partial charge in [0.05, 0.1) is 0 Å². The fourth-order valence-electron chi connectivity index (χ4n) is 0.830. The van der Waals surface area contributed by atoms with E-state index in [1.807, 2.05) is 25.1 Å². The van der Waals surface area contributed by atoms with Crippen LogP contribution in [0.1, 0.15) is 11.1 Å². The monoisotopic (exact) mass is 219 g/mol. The van der Waals surface area contributed by atoms with Crippen LogP contribution in [0.4, 0.5) is 0 Å². The van der Waals surface area contributed by atoms with Crippen molar-refractivity contribution in [2.75, 3.05) is 0 Å². The summed E-state index contributed by atoms with van der Waals surface area (Å²) in [4.78, 5) is 0. The molecule has 0 bridgehead atoms. The predicted molar refractivity (Wildman–Crippen MR) is 51.4 cm³/mol. The van der Waals surface area contributed by atoms with Crippen molar-refractivity contribution in [2.24, 2.45) is 0 Å². The maximum Gasteiger partial charge on any atom is 0.152 e. The number of halogens is 1. The Hall–Kier alpha value is -1.25. The second kappa shape index (κ2) is 3.95. The highest BCUT2D eigenvalue weighted by molar-refractivity contribution is 9.10. The van der Waals surface area contributed by atoms with E-state index in [4.69, 9.17) is 5.26 Å². The quantitative estimate of drug-likeness (QED) is 0.616. The largest absolute Gasteiger partial charge is 0.183 e. The average Bonchev–Trinajstić information content (AvgIpc) is 2.07. The van der Waals surface area contributed by atoms with E-state index in [0.29, 0.717) is 0 Å². The minimum atomic E-state index is 0.858. The molecule has 0 aromatic heterocycles. The standard InChI is InChI=1S/C10H6BrN/c1-8-4-5-10(11)9(7-8)3-2-6-12/h4-5,7H,1H3. The topological polar surface area (TPSA) is 23.8 Å². The second-order valence-corrected chi connectivity index (χ2v) is 3.20. The molecule has 0 aliphatic heterocycles.